The average Bonchev–Trinajstić information content (AvgIpc) is 2.04. The number of anilines is 1. The summed E-state index contributed by atoms with van der Waals surface area (Å²) in [6.07, 6.45) is 1.94. The molecule has 11 heavy (non-hydrogen) atoms. The SMILES string of the molecule is CSc1ccc(N)cc1C#N. The van der Waals surface area contributed by atoms with Gasteiger partial charge in [-0.2, -0.15) is 5.26 Å². The van der Waals surface area contributed by atoms with Gasteiger partial charge in [-0.15, -0.1) is 11.8 Å². The van der Waals surface area contributed by atoms with E-state index in [9.17, 15) is 0 Å². The Bertz CT molecular complexity index is 301. The van der Waals surface area contributed by atoms with Crippen molar-refractivity contribution in [2.45, 2.75) is 4.90 Å². The molecule has 0 saturated heterocycles. The van der Waals surface area contributed by atoms with Crippen molar-refractivity contribution in [1.29, 1.82) is 5.26 Å². The highest BCUT2D eigenvalue weighted by Crippen LogP contribution is 2.21. The van der Waals surface area contributed by atoms with Crippen molar-refractivity contribution in [2.75, 3.05) is 12.0 Å². The van der Waals surface area contributed by atoms with Crippen molar-refractivity contribution >= 4 is 17.4 Å². The summed E-state index contributed by atoms with van der Waals surface area (Å²) in [5.41, 5.74) is 6.79. The quantitative estimate of drug-likeness (QED) is 0.509. The largest absolute Gasteiger partial charge is 0.399 e. The molecule has 2 nitrogen and oxygen atoms in total. The van der Waals surface area contributed by atoms with Crippen LogP contribution in [0.2, 0.25) is 0 Å². The molecular weight excluding hydrogens is 156 g/mol. The zero-order valence-electron chi connectivity index (χ0n) is 6.16. The lowest BCUT2D eigenvalue weighted by Gasteiger charge is -1.99. The Kier molecular flexibility index (Phi) is 2.40. The number of thioether (sulfide) groups is 1. The second-order valence-corrected chi connectivity index (χ2v) is 2.92. The third-order valence-electron chi connectivity index (χ3n) is 1.34. The number of nitriles is 1. The number of nitrogens with two attached hydrogens (primary N) is 1. The van der Waals surface area contributed by atoms with Crippen LogP contribution in [0.5, 0.6) is 0 Å². The van der Waals surface area contributed by atoms with Crippen LogP contribution in [-0.4, -0.2) is 6.26 Å². The zero-order valence-corrected chi connectivity index (χ0v) is 6.98. The predicted octanol–water partition coefficient (Wildman–Crippen LogP) is 1.86. The Morgan fingerprint density at radius 3 is 2.82 bits per heavy atom. The van der Waals surface area contributed by atoms with Crippen LogP contribution in [0.1, 0.15) is 5.56 Å². The lowest BCUT2D eigenvalue weighted by Crippen LogP contribution is -1.87. The number of hydrogen-bond donors (Lipinski definition) is 1. The molecule has 56 valence electrons. The summed E-state index contributed by atoms with van der Waals surface area (Å²) in [4.78, 5) is 0.974. The number of nitrogen functional groups attached to an aromatic ring is 1. The minimum atomic E-state index is 0.638. The van der Waals surface area contributed by atoms with E-state index in [2.05, 4.69) is 6.07 Å². The highest BCUT2D eigenvalue weighted by molar-refractivity contribution is 7.98. The number of benzene rings is 1. The van der Waals surface area contributed by atoms with E-state index in [-0.39, 0.29) is 0 Å². The summed E-state index contributed by atoms with van der Waals surface area (Å²) in [5, 5.41) is 8.66. The number of rotatable bonds is 1. The highest BCUT2D eigenvalue weighted by Gasteiger charge is 1.99. The number of nitrogens with zero attached hydrogens (tertiary/aromatic N) is 1. The third kappa shape index (κ3) is 1.66. The Balaban J connectivity index is 3.19. The summed E-state index contributed by atoms with van der Waals surface area (Å²) in [6, 6.07) is 7.43. The monoisotopic (exact) mass is 164 g/mol. The summed E-state index contributed by atoms with van der Waals surface area (Å²) >= 11 is 1.55. The fourth-order valence-corrected chi connectivity index (χ4v) is 1.34. The van der Waals surface area contributed by atoms with Crippen molar-refractivity contribution < 1.29 is 0 Å². The van der Waals surface area contributed by atoms with E-state index in [1.807, 2.05) is 12.3 Å². The van der Waals surface area contributed by atoms with E-state index in [1.54, 1.807) is 23.9 Å². The van der Waals surface area contributed by atoms with Crippen molar-refractivity contribution in [2.24, 2.45) is 0 Å². The van der Waals surface area contributed by atoms with Gasteiger partial charge in [0.15, 0.2) is 0 Å². The van der Waals surface area contributed by atoms with Gasteiger partial charge in [-0.3, -0.25) is 0 Å². The third-order valence-corrected chi connectivity index (χ3v) is 2.14. The first-order valence-electron chi connectivity index (χ1n) is 3.11. The second kappa shape index (κ2) is 3.31. The molecule has 1 aromatic rings. The molecule has 0 aromatic heterocycles. The maximum atomic E-state index is 8.66. The van der Waals surface area contributed by atoms with Gasteiger partial charge in [0.05, 0.1) is 5.56 Å². The summed E-state index contributed by atoms with van der Waals surface area (Å²) in [5.74, 6) is 0. The van der Waals surface area contributed by atoms with Gasteiger partial charge in [0.25, 0.3) is 0 Å². The van der Waals surface area contributed by atoms with Gasteiger partial charge in [-0.1, -0.05) is 0 Å². The Morgan fingerprint density at radius 2 is 2.27 bits per heavy atom. The van der Waals surface area contributed by atoms with E-state index in [4.69, 9.17) is 11.0 Å². The molecule has 0 heterocycles. The lowest BCUT2D eigenvalue weighted by molar-refractivity contribution is 1.37. The molecule has 0 amide bonds. The highest BCUT2D eigenvalue weighted by atomic mass is 32.2. The molecule has 0 aliphatic rings. The van der Waals surface area contributed by atoms with Crippen LogP contribution in [0.3, 0.4) is 0 Å². The molecule has 0 spiro atoms. The summed E-state index contributed by atoms with van der Waals surface area (Å²) in [7, 11) is 0. The molecule has 0 atom stereocenters. The van der Waals surface area contributed by atoms with Crippen molar-refractivity contribution in [1.82, 2.24) is 0 Å². The Hall–Kier alpha value is -1.14. The molecule has 2 N–H and O–H groups in total. The minimum absolute atomic E-state index is 0.638. The van der Waals surface area contributed by atoms with Gasteiger partial charge in [0.1, 0.15) is 6.07 Å². The fraction of sp³-hybridized carbons (Fsp3) is 0.125. The van der Waals surface area contributed by atoms with Gasteiger partial charge in [-0.25, -0.2) is 0 Å². The second-order valence-electron chi connectivity index (χ2n) is 2.07. The first-order valence-corrected chi connectivity index (χ1v) is 4.34. The molecular formula is C8H8N2S. The van der Waals surface area contributed by atoms with Crippen LogP contribution in [0.25, 0.3) is 0 Å². The molecule has 0 fully saturated rings. The minimum Gasteiger partial charge on any atom is -0.399 e. The first-order chi connectivity index (χ1) is 5.27. The van der Waals surface area contributed by atoms with Crippen LogP contribution in [0.4, 0.5) is 5.69 Å². The van der Waals surface area contributed by atoms with E-state index in [0.29, 0.717) is 11.3 Å². The molecule has 0 aliphatic heterocycles. The lowest BCUT2D eigenvalue weighted by atomic mass is 10.2. The summed E-state index contributed by atoms with van der Waals surface area (Å²) < 4.78 is 0. The van der Waals surface area contributed by atoms with Crippen LogP contribution >= 0.6 is 11.8 Å². The van der Waals surface area contributed by atoms with Crippen molar-refractivity contribution in [3.63, 3.8) is 0 Å². The normalized spacial score (nSPS) is 9.09. The molecule has 0 unspecified atom stereocenters. The van der Waals surface area contributed by atoms with Crippen molar-refractivity contribution in [3.8, 4) is 6.07 Å². The maximum absolute atomic E-state index is 8.66. The van der Waals surface area contributed by atoms with Gasteiger partial charge < -0.3 is 5.73 Å². The smallest absolute Gasteiger partial charge is 0.100 e. The van der Waals surface area contributed by atoms with E-state index in [0.717, 1.165) is 4.90 Å². The van der Waals surface area contributed by atoms with Crippen LogP contribution in [0.15, 0.2) is 23.1 Å². The molecule has 1 aromatic carbocycles. The van der Waals surface area contributed by atoms with Crippen LogP contribution < -0.4 is 5.73 Å². The van der Waals surface area contributed by atoms with E-state index < -0.39 is 0 Å². The maximum Gasteiger partial charge on any atom is 0.100 e. The molecule has 0 saturated carbocycles. The van der Waals surface area contributed by atoms with Crippen LogP contribution in [-0.2, 0) is 0 Å². The van der Waals surface area contributed by atoms with Gasteiger partial charge in [-0.05, 0) is 24.5 Å². The molecule has 0 aliphatic carbocycles. The van der Waals surface area contributed by atoms with Gasteiger partial charge >= 0.3 is 0 Å². The predicted molar refractivity (Wildman–Crippen MR) is 47.4 cm³/mol. The molecule has 0 bridgehead atoms. The summed E-state index contributed by atoms with van der Waals surface area (Å²) in [6.45, 7) is 0. The average molecular weight is 164 g/mol. The van der Waals surface area contributed by atoms with Crippen LogP contribution in [0, 0.1) is 11.3 Å². The Labute approximate surface area is 70.0 Å². The standard InChI is InChI=1S/C8H8N2S/c1-11-8-3-2-7(10)4-6(8)5-9/h2-4H,10H2,1H3. The van der Waals surface area contributed by atoms with E-state index in [1.165, 1.54) is 0 Å². The fourth-order valence-electron chi connectivity index (χ4n) is 0.813. The van der Waals surface area contributed by atoms with Gasteiger partial charge in [0, 0.05) is 10.6 Å². The van der Waals surface area contributed by atoms with E-state index >= 15 is 0 Å². The Morgan fingerprint density at radius 1 is 1.55 bits per heavy atom. The van der Waals surface area contributed by atoms with Crippen molar-refractivity contribution in [3.05, 3.63) is 23.8 Å². The molecule has 3 heteroatoms. The molecule has 0 radical (unpaired) electrons. The molecule has 1 rings (SSSR count). The zero-order chi connectivity index (χ0) is 8.27. The van der Waals surface area contributed by atoms with Gasteiger partial charge in [0.2, 0.25) is 0 Å². The first kappa shape index (κ1) is 7.96. The topological polar surface area (TPSA) is 49.8 Å². The number of hydrogen-bond acceptors (Lipinski definition) is 3.